The molecular weight excluding hydrogens is 246 g/mol. The molecule has 5 heteroatoms. The van der Waals surface area contributed by atoms with Crippen LogP contribution < -0.4 is 10.1 Å². The Morgan fingerprint density at radius 3 is 2.58 bits per heavy atom. The molecule has 1 rings (SSSR count). The number of carbonyl (C=O) groups is 2. The largest absolute Gasteiger partial charge is 0.497 e. The summed E-state index contributed by atoms with van der Waals surface area (Å²) in [6, 6.07) is 7.30. The van der Waals surface area contributed by atoms with Crippen LogP contribution in [0.5, 0.6) is 5.75 Å². The number of benzene rings is 1. The van der Waals surface area contributed by atoms with Crippen molar-refractivity contribution in [3.63, 3.8) is 0 Å². The van der Waals surface area contributed by atoms with E-state index in [-0.39, 0.29) is 12.3 Å². The van der Waals surface area contributed by atoms with Crippen molar-refractivity contribution in [2.24, 2.45) is 0 Å². The summed E-state index contributed by atoms with van der Waals surface area (Å²) in [5.74, 6) is -0.334. The number of carboxylic acids is 1. The van der Waals surface area contributed by atoms with Crippen molar-refractivity contribution >= 4 is 18.0 Å². The Balaban J connectivity index is 2.34. The van der Waals surface area contributed by atoms with Crippen LogP contribution in [0.3, 0.4) is 0 Å². The summed E-state index contributed by atoms with van der Waals surface area (Å²) < 4.78 is 5.03. The van der Waals surface area contributed by atoms with Crippen molar-refractivity contribution in [3.8, 4) is 5.75 Å². The molecule has 2 N–H and O–H groups in total. The molecule has 1 amide bonds. The highest BCUT2D eigenvalue weighted by molar-refractivity contribution is 5.91. The lowest BCUT2D eigenvalue weighted by Gasteiger charge is -2.00. The average molecular weight is 263 g/mol. The van der Waals surface area contributed by atoms with Crippen LogP contribution in [0.25, 0.3) is 6.08 Å². The van der Waals surface area contributed by atoms with Crippen LogP contribution in [0.2, 0.25) is 0 Å². The van der Waals surface area contributed by atoms with Crippen LogP contribution in [-0.4, -0.2) is 30.6 Å². The van der Waals surface area contributed by atoms with E-state index in [9.17, 15) is 9.59 Å². The second kappa shape index (κ2) is 7.92. The molecule has 19 heavy (non-hydrogen) atoms. The topological polar surface area (TPSA) is 75.6 Å². The quantitative estimate of drug-likeness (QED) is 0.580. The lowest BCUT2D eigenvalue weighted by molar-refractivity contribution is -0.137. The maximum atomic E-state index is 11.4. The summed E-state index contributed by atoms with van der Waals surface area (Å²) in [5, 5.41) is 11.1. The van der Waals surface area contributed by atoms with Crippen LogP contribution >= 0.6 is 0 Å². The normalized spacial score (nSPS) is 10.4. The molecule has 5 nitrogen and oxygen atoms in total. The van der Waals surface area contributed by atoms with Crippen LogP contribution in [-0.2, 0) is 9.59 Å². The zero-order valence-corrected chi connectivity index (χ0v) is 10.8. The number of hydrogen-bond acceptors (Lipinski definition) is 3. The van der Waals surface area contributed by atoms with Crippen molar-refractivity contribution in [1.29, 1.82) is 0 Å². The monoisotopic (exact) mass is 263 g/mol. The van der Waals surface area contributed by atoms with Crippen LogP contribution in [0.15, 0.2) is 30.3 Å². The van der Waals surface area contributed by atoms with Gasteiger partial charge >= 0.3 is 5.97 Å². The van der Waals surface area contributed by atoms with E-state index in [1.54, 1.807) is 13.2 Å². The smallest absolute Gasteiger partial charge is 0.303 e. The predicted octanol–water partition coefficient (Wildman–Crippen LogP) is 1.69. The standard InChI is InChI=1S/C14H17NO4/c1-19-12-7-4-11(5-8-12)6-9-13(16)15-10-2-3-14(17)18/h4-9H,2-3,10H2,1H3,(H,15,16)(H,17,18). The zero-order chi connectivity index (χ0) is 14.1. The summed E-state index contributed by atoms with van der Waals surface area (Å²) in [6.07, 6.45) is 3.59. The van der Waals surface area contributed by atoms with Gasteiger partial charge in [-0.2, -0.15) is 0 Å². The fraction of sp³-hybridized carbons (Fsp3) is 0.286. The molecule has 0 saturated heterocycles. The summed E-state index contributed by atoms with van der Waals surface area (Å²) in [7, 11) is 1.59. The van der Waals surface area contributed by atoms with Gasteiger partial charge in [-0.25, -0.2) is 0 Å². The molecule has 0 radical (unpaired) electrons. The summed E-state index contributed by atoms with van der Waals surface area (Å²) in [5.41, 5.74) is 0.890. The number of carboxylic acid groups (broad SMARTS) is 1. The van der Waals surface area contributed by atoms with E-state index in [1.807, 2.05) is 24.3 Å². The zero-order valence-electron chi connectivity index (χ0n) is 10.8. The number of carbonyl (C=O) groups excluding carboxylic acids is 1. The van der Waals surface area contributed by atoms with Crippen molar-refractivity contribution in [1.82, 2.24) is 5.32 Å². The van der Waals surface area contributed by atoms with Crippen molar-refractivity contribution in [2.45, 2.75) is 12.8 Å². The second-order valence-corrected chi connectivity index (χ2v) is 3.89. The maximum Gasteiger partial charge on any atom is 0.303 e. The number of aliphatic carboxylic acids is 1. The van der Waals surface area contributed by atoms with E-state index in [2.05, 4.69) is 5.32 Å². The molecule has 0 aliphatic heterocycles. The Kier molecular flexibility index (Phi) is 6.15. The summed E-state index contributed by atoms with van der Waals surface area (Å²) >= 11 is 0. The third kappa shape index (κ3) is 6.26. The number of methoxy groups -OCH3 is 1. The van der Waals surface area contributed by atoms with Gasteiger partial charge in [0, 0.05) is 19.0 Å². The van der Waals surface area contributed by atoms with Gasteiger partial charge in [0.05, 0.1) is 7.11 Å². The Morgan fingerprint density at radius 2 is 2.00 bits per heavy atom. The highest BCUT2D eigenvalue weighted by Crippen LogP contribution is 2.12. The minimum absolute atomic E-state index is 0.0580. The van der Waals surface area contributed by atoms with Gasteiger partial charge in [0.1, 0.15) is 5.75 Å². The molecule has 0 bridgehead atoms. The molecule has 0 spiro atoms. The number of hydrogen-bond donors (Lipinski definition) is 2. The fourth-order valence-electron chi connectivity index (χ4n) is 1.40. The molecule has 0 atom stereocenters. The molecule has 1 aromatic rings. The van der Waals surface area contributed by atoms with Gasteiger partial charge in [-0.1, -0.05) is 12.1 Å². The van der Waals surface area contributed by atoms with Gasteiger partial charge in [-0.3, -0.25) is 9.59 Å². The van der Waals surface area contributed by atoms with Gasteiger partial charge < -0.3 is 15.2 Å². The van der Waals surface area contributed by atoms with E-state index >= 15 is 0 Å². The highest BCUT2D eigenvalue weighted by atomic mass is 16.5. The molecule has 0 aliphatic carbocycles. The Morgan fingerprint density at radius 1 is 1.32 bits per heavy atom. The van der Waals surface area contributed by atoms with Crippen LogP contribution in [0, 0.1) is 0 Å². The molecule has 0 fully saturated rings. The lowest BCUT2D eigenvalue weighted by atomic mass is 10.2. The van der Waals surface area contributed by atoms with Crippen molar-refractivity contribution < 1.29 is 19.4 Å². The predicted molar refractivity (Wildman–Crippen MR) is 71.9 cm³/mol. The van der Waals surface area contributed by atoms with E-state index in [4.69, 9.17) is 9.84 Å². The van der Waals surface area contributed by atoms with E-state index in [0.717, 1.165) is 11.3 Å². The minimum Gasteiger partial charge on any atom is -0.497 e. The number of ether oxygens (including phenoxy) is 1. The first-order chi connectivity index (χ1) is 9.11. The molecule has 0 saturated carbocycles. The van der Waals surface area contributed by atoms with Gasteiger partial charge in [-0.15, -0.1) is 0 Å². The lowest BCUT2D eigenvalue weighted by Crippen LogP contribution is -2.22. The molecule has 0 heterocycles. The fourth-order valence-corrected chi connectivity index (χ4v) is 1.40. The first-order valence-corrected chi connectivity index (χ1v) is 5.93. The molecule has 102 valence electrons. The highest BCUT2D eigenvalue weighted by Gasteiger charge is 1.98. The van der Waals surface area contributed by atoms with Crippen molar-refractivity contribution in [2.75, 3.05) is 13.7 Å². The van der Waals surface area contributed by atoms with Gasteiger partial charge in [0.25, 0.3) is 0 Å². The van der Waals surface area contributed by atoms with E-state index in [0.29, 0.717) is 13.0 Å². The SMILES string of the molecule is COc1ccc(C=CC(=O)NCCCC(=O)O)cc1. The second-order valence-electron chi connectivity index (χ2n) is 3.89. The Labute approximate surface area is 111 Å². The molecule has 0 aliphatic rings. The summed E-state index contributed by atoms with van der Waals surface area (Å²) in [6.45, 7) is 0.359. The van der Waals surface area contributed by atoms with Crippen LogP contribution in [0.4, 0.5) is 0 Å². The molecular formula is C14H17NO4. The van der Waals surface area contributed by atoms with E-state index < -0.39 is 5.97 Å². The third-order valence-corrected chi connectivity index (χ3v) is 2.41. The van der Waals surface area contributed by atoms with Crippen LogP contribution in [0.1, 0.15) is 18.4 Å². The third-order valence-electron chi connectivity index (χ3n) is 2.41. The molecule has 0 aromatic heterocycles. The minimum atomic E-state index is -0.858. The number of rotatable bonds is 7. The van der Waals surface area contributed by atoms with Crippen molar-refractivity contribution in [3.05, 3.63) is 35.9 Å². The first-order valence-electron chi connectivity index (χ1n) is 5.93. The van der Waals surface area contributed by atoms with E-state index in [1.165, 1.54) is 6.08 Å². The van der Waals surface area contributed by atoms with Gasteiger partial charge in [-0.05, 0) is 30.2 Å². The number of nitrogens with one attached hydrogen (secondary N) is 1. The van der Waals surface area contributed by atoms with Gasteiger partial charge in [0.15, 0.2) is 0 Å². The Bertz CT molecular complexity index is 451. The maximum absolute atomic E-state index is 11.4. The first kappa shape index (κ1) is 14.8. The molecule has 1 aromatic carbocycles. The number of amides is 1. The average Bonchev–Trinajstić information content (AvgIpc) is 2.41. The molecule has 0 unspecified atom stereocenters. The Hall–Kier alpha value is -2.30. The van der Waals surface area contributed by atoms with Gasteiger partial charge in [0.2, 0.25) is 5.91 Å². The summed E-state index contributed by atoms with van der Waals surface area (Å²) in [4.78, 5) is 21.7.